The highest BCUT2D eigenvalue weighted by Gasteiger charge is 2.08. The van der Waals surface area contributed by atoms with Crippen molar-refractivity contribution in [2.45, 2.75) is 13.3 Å². The monoisotopic (exact) mass is 351 g/mol. The Morgan fingerprint density at radius 3 is 2.62 bits per heavy atom. The van der Waals surface area contributed by atoms with Gasteiger partial charge in [-0.25, -0.2) is 0 Å². The molecule has 0 fully saturated rings. The molecule has 6 nitrogen and oxygen atoms in total. The predicted molar refractivity (Wildman–Crippen MR) is 81.0 cm³/mol. The van der Waals surface area contributed by atoms with Crippen LogP contribution in [0.4, 0.5) is 5.82 Å². The van der Waals surface area contributed by atoms with Gasteiger partial charge in [0.05, 0.1) is 0 Å². The van der Waals surface area contributed by atoms with Crippen molar-refractivity contribution in [2.24, 2.45) is 0 Å². The summed E-state index contributed by atoms with van der Waals surface area (Å²) in [5.74, 6) is 0.539. The minimum atomic E-state index is -0.237. The van der Waals surface area contributed by atoms with Gasteiger partial charge in [-0.05, 0) is 31.2 Å². The van der Waals surface area contributed by atoms with E-state index in [2.05, 4.69) is 31.7 Å². The summed E-state index contributed by atoms with van der Waals surface area (Å²) in [6, 6.07) is 8.61. The van der Waals surface area contributed by atoms with Crippen LogP contribution in [0.2, 0.25) is 0 Å². The standard InChI is InChI=1S/C14H14BrN3O3/c1-9-8-12(18-21-9)17-13(19)6-7-16-14(20)10-2-4-11(15)5-3-10/h2-5,8H,6-7H2,1H3,(H,16,20)(H,17,18,19). The number of aryl methyl sites for hydroxylation is 1. The normalized spacial score (nSPS) is 10.2. The fourth-order valence-electron chi connectivity index (χ4n) is 1.62. The lowest BCUT2D eigenvalue weighted by molar-refractivity contribution is -0.116. The van der Waals surface area contributed by atoms with Crippen molar-refractivity contribution < 1.29 is 14.1 Å². The Morgan fingerprint density at radius 2 is 2.00 bits per heavy atom. The molecule has 0 unspecified atom stereocenters. The number of rotatable bonds is 5. The molecule has 1 aromatic carbocycles. The quantitative estimate of drug-likeness (QED) is 0.866. The molecule has 0 bridgehead atoms. The summed E-state index contributed by atoms with van der Waals surface area (Å²) in [5, 5.41) is 8.92. The zero-order chi connectivity index (χ0) is 15.2. The smallest absolute Gasteiger partial charge is 0.251 e. The lowest BCUT2D eigenvalue weighted by atomic mass is 10.2. The van der Waals surface area contributed by atoms with Crippen molar-refractivity contribution in [3.63, 3.8) is 0 Å². The maximum Gasteiger partial charge on any atom is 0.251 e. The highest BCUT2D eigenvalue weighted by molar-refractivity contribution is 9.10. The number of nitrogens with one attached hydrogen (secondary N) is 2. The first-order chi connectivity index (χ1) is 10.0. The molecule has 0 saturated heterocycles. The van der Waals surface area contributed by atoms with Crippen molar-refractivity contribution >= 4 is 33.6 Å². The highest BCUT2D eigenvalue weighted by atomic mass is 79.9. The molecular formula is C14H14BrN3O3. The number of anilines is 1. The molecule has 0 aliphatic rings. The topological polar surface area (TPSA) is 84.2 Å². The van der Waals surface area contributed by atoms with Crippen LogP contribution >= 0.6 is 15.9 Å². The summed E-state index contributed by atoms with van der Waals surface area (Å²) >= 11 is 3.30. The Bertz CT molecular complexity index is 637. The van der Waals surface area contributed by atoms with Crippen molar-refractivity contribution in [1.29, 1.82) is 0 Å². The van der Waals surface area contributed by atoms with Crippen LogP contribution in [0.25, 0.3) is 0 Å². The molecule has 0 aliphatic heterocycles. The van der Waals surface area contributed by atoms with Crippen LogP contribution in [-0.2, 0) is 4.79 Å². The molecule has 0 saturated carbocycles. The van der Waals surface area contributed by atoms with E-state index in [0.29, 0.717) is 17.1 Å². The minimum absolute atomic E-state index is 0.161. The molecule has 2 aromatic rings. The van der Waals surface area contributed by atoms with Gasteiger partial charge in [-0.2, -0.15) is 0 Å². The second-order valence-corrected chi connectivity index (χ2v) is 5.30. The van der Waals surface area contributed by atoms with E-state index in [9.17, 15) is 9.59 Å². The summed E-state index contributed by atoms with van der Waals surface area (Å²) < 4.78 is 5.74. The zero-order valence-corrected chi connectivity index (χ0v) is 12.9. The number of benzene rings is 1. The van der Waals surface area contributed by atoms with Gasteiger partial charge in [0, 0.05) is 29.1 Å². The van der Waals surface area contributed by atoms with Crippen molar-refractivity contribution in [2.75, 3.05) is 11.9 Å². The fraction of sp³-hybridized carbons (Fsp3) is 0.214. The number of hydrogen-bond acceptors (Lipinski definition) is 4. The average Bonchev–Trinajstić information content (AvgIpc) is 2.84. The largest absolute Gasteiger partial charge is 0.360 e. The molecule has 2 N–H and O–H groups in total. The summed E-state index contributed by atoms with van der Waals surface area (Å²) in [6.45, 7) is 1.98. The summed E-state index contributed by atoms with van der Waals surface area (Å²) in [5.41, 5.74) is 0.547. The number of nitrogens with zero attached hydrogens (tertiary/aromatic N) is 1. The third-order valence-corrected chi connectivity index (χ3v) is 3.17. The van der Waals surface area contributed by atoms with Crippen LogP contribution in [-0.4, -0.2) is 23.5 Å². The average molecular weight is 352 g/mol. The van der Waals surface area contributed by atoms with Crippen LogP contribution in [0.5, 0.6) is 0 Å². The summed E-state index contributed by atoms with van der Waals surface area (Å²) in [7, 11) is 0. The van der Waals surface area contributed by atoms with Gasteiger partial charge in [-0.3, -0.25) is 9.59 Å². The van der Waals surface area contributed by atoms with Gasteiger partial charge in [0.15, 0.2) is 5.82 Å². The van der Waals surface area contributed by atoms with Crippen molar-refractivity contribution in [3.8, 4) is 0 Å². The Labute approximate surface area is 130 Å². The molecule has 0 aliphatic carbocycles. The van der Waals surface area contributed by atoms with Crippen LogP contribution < -0.4 is 10.6 Å². The summed E-state index contributed by atoms with van der Waals surface area (Å²) in [4.78, 5) is 23.4. The maximum atomic E-state index is 11.8. The molecule has 0 atom stereocenters. The second-order valence-electron chi connectivity index (χ2n) is 4.38. The van der Waals surface area contributed by atoms with Crippen LogP contribution in [0.15, 0.2) is 39.3 Å². The number of amides is 2. The van der Waals surface area contributed by atoms with Crippen LogP contribution in [0.1, 0.15) is 22.5 Å². The number of aromatic nitrogens is 1. The Kier molecular flexibility index (Phi) is 5.10. The van der Waals surface area contributed by atoms with Gasteiger partial charge in [0.1, 0.15) is 5.76 Å². The van der Waals surface area contributed by atoms with E-state index in [1.165, 1.54) is 0 Å². The summed E-state index contributed by atoms with van der Waals surface area (Å²) in [6.07, 6.45) is 0.161. The molecular weight excluding hydrogens is 338 g/mol. The van der Waals surface area contributed by atoms with Gasteiger partial charge in [0.25, 0.3) is 5.91 Å². The predicted octanol–water partition coefficient (Wildman–Crippen LogP) is 2.50. The third-order valence-electron chi connectivity index (χ3n) is 2.64. The Hall–Kier alpha value is -2.15. The van der Waals surface area contributed by atoms with Gasteiger partial charge in [-0.1, -0.05) is 21.1 Å². The number of halogens is 1. The molecule has 0 spiro atoms. The first-order valence-corrected chi connectivity index (χ1v) is 7.11. The second kappa shape index (κ2) is 7.03. The number of carbonyl (C=O) groups is 2. The molecule has 1 aromatic heterocycles. The SMILES string of the molecule is Cc1cc(NC(=O)CCNC(=O)c2ccc(Br)cc2)no1. The van der Waals surface area contributed by atoms with E-state index in [0.717, 1.165) is 4.47 Å². The van der Waals surface area contributed by atoms with Gasteiger partial charge < -0.3 is 15.2 Å². The molecule has 2 amide bonds. The van der Waals surface area contributed by atoms with E-state index >= 15 is 0 Å². The van der Waals surface area contributed by atoms with Crippen molar-refractivity contribution in [1.82, 2.24) is 10.5 Å². The van der Waals surface area contributed by atoms with Gasteiger partial charge in [-0.15, -0.1) is 0 Å². The minimum Gasteiger partial charge on any atom is -0.360 e. The van der Waals surface area contributed by atoms with Crippen LogP contribution in [0, 0.1) is 6.92 Å². The van der Waals surface area contributed by atoms with E-state index < -0.39 is 0 Å². The lowest BCUT2D eigenvalue weighted by Crippen LogP contribution is -2.27. The van der Waals surface area contributed by atoms with E-state index in [4.69, 9.17) is 4.52 Å². The lowest BCUT2D eigenvalue weighted by Gasteiger charge is -2.05. The number of carbonyl (C=O) groups excluding carboxylic acids is 2. The van der Waals surface area contributed by atoms with E-state index in [1.54, 1.807) is 37.3 Å². The van der Waals surface area contributed by atoms with E-state index in [1.807, 2.05) is 0 Å². The molecule has 7 heteroatoms. The Morgan fingerprint density at radius 1 is 1.29 bits per heavy atom. The molecule has 110 valence electrons. The van der Waals surface area contributed by atoms with E-state index in [-0.39, 0.29) is 24.8 Å². The number of hydrogen-bond donors (Lipinski definition) is 2. The molecule has 21 heavy (non-hydrogen) atoms. The van der Waals surface area contributed by atoms with Gasteiger partial charge >= 0.3 is 0 Å². The Balaban J connectivity index is 1.74. The van der Waals surface area contributed by atoms with Gasteiger partial charge in [0.2, 0.25) is 5.91 Å². The molecule has 1 heterocycles. The highest BCUT2D eigenvalue weighted by Crippen LogP contribution is 2.10. The molecule has 2 rings (SSSR count). The molecule has 0 radical (unpaired) electrons. The maximum absolute atomic E-state index is 11.8. The third kappa shape index (κ3) is 4.71. The van der Waals surface area contributed by atoms with Crippen molar-refractivity contribution in [3.05, 3.63) is 46.1 Å². The van der Waals surface area contributed by atoms with Crippen LogP contribution in [0.3, 0.4) is 0 Å². The zero-order valence-electron chi connectivity index (χ0n) is 11.4. The first kappa shape index (κ1) is 15.2. The first-order valence-electron chi connectivity index (χ1n) is 6.31. The fourth-order valence-corrected chi connectivity index (χ4v) is 1.89.